The van der Waals surface area contributed by atoms with Gasteiger partial charge in [-0.2, -0.15) is 0 Å². The Morgan fingerprint density at radius 3 is 2.52 bits per heavy atom. The molecular formula is C19H21N3O. The molecule has 0 spiro atoms. The summed E-state index contributed by atoms with van der Waals surface area (Å²) >= 11 is 0. The van der Waals surface area contributed by atoms with E-state index in [2.05, 4.69) is 15.3 Å². The number of imidazole rings is 1. The highest BCUT2D eigenvalue weighted by Gasteiger charge is 2.21. The van der Waals surface area contributed by atoms with Crippen LogP contribution in [-0.4, -0.2) is 15.9 Å². The van der Waals surface area contributed by atoms with Crippen LogP contribution in [0.3, 0.4) is 0 Å². The Labute approximate surface area is 136 Å². The number of nitrogens with zero attached hydrogens (tertiary/aromatic N) is 1. The van der Waals surface area contributed by atoms with Gasteiger partial charge in [-0.15, -0.1) is 0 Å². The SMILES string of the molecule is CCC(C(=O)NC(C)c1nc2ccccc2[nH]1)c1ccccc1. The van der Waals surface area contributed by atoms with Crippen LogP contribution >= 0.6 is 0 Å². The van der Waals surface area contributed by atoms with E-state index in [1.165, 1.54) is 0 Å². The molecule has 2 unspecified atom stereocenters. The van der Waals surface area contributed by atoms with Crippen molar-refractivity contribution in [2.75, 3.05) is 0 Å². The minimum absolute atomic E-state index is 0.0339. The molecule has 0 bridgehead atoms. The maximum atomic E-state index is 12.6. The quantitative estimate of drug-likeness (QED) is 0.750. The smallest absolute Gasteiger partial charge is 0.228 e. The summed E-state index contributed by atoms with van der Waals surface area (Å²) in [5.41, 5.74) is 2.95. The van der Waals surface area contributed by atoms with Crippen LogP contribution in [0.15, 0.2) is 54.6 Å². The fourth-order valence-electron chi connectivity index (χ4n) is 2.82. The van der Waals surface area contributed by atoms with E-state index in [0.717, 1.165) is 28.8 Å². The molecule has 1 heterocycles. The molecule has 0 fully saturated rings. The molecule has 118 valence electrons. The number of hydrogen-bond acceptors (Lipinski definition) is 2. The number of carbonyl (C=O) groups is 1. The normalized spacial score (nSPS) is 13.7. The van der Waals surface area contributed by atoms with Crippen LogP contribution in [-0.2, 0) is 4.79 Å². The second-order valence-corrected chi connectivity index (χ2v) is 5.74. The summed E-state index contributed by atoms with van der Waals surface area (Å²) in [6, 6.07) is 17.6. The van der Waals surface area contributed by atoms with Crippen molar-refractivity contribution >= 4 is 16.9 Å². The van der Waals surface area contributed by atoms with E-state index in [-0.39, 0.29) is 17.9 Å². The Hall–Kier alpha value is -2.62. The number of amides is 1. The van der Waals surface area contributed by atoms with Crippen molar-refractivity contribution in [1.29, 1.82) is 0 Å². The van der Waals surface area contributed by atoms with Gasteiger partial charge < -0.3 is 10.3 Å². The molecule has 3 rings (SSSR count). The number of fused-ring (bicyclic) bond motifs is 1. The molecule has 1 amide bonds. The zero-order chi connectivity index (χ0) is 16.2. The van der Waals surface area contributed by atoms with Crippen molar-refractivity contribution in [1.82, 2.24) is 15.3 Å². The molecule has 0 saturated carbocycles. The maximum absolute atomic E-state index is 12.6. The molecule has 2 N–H and O–H groups in total. The Morgan fingerprint density at radius 2 is 1.83 bits per heavy atom. The van der Waals surface area contributed by atoms with E-state index in [1.54, 1.807) is 0 Å². The van der Waals surface area contributed by atoms with Gasteiger partial charge in [0.15, 0.2) is 0 Å². The highest BCUT2D eigenvalue weighted by atomic mass is 16.1. The topological polar surface area (TPSA) is 57.8 Å². The van der Waals surface area contributed by atoms with Crippen molar-refractivity contribution in [2.24, 2.45) is 0 Å². The lowest BCUT2D eigenvalue weighted by molar-refractivity contribution is -0.123. The number of rotatable bonds is 5. The number of hydrogen-bond donors (Lipinski definition) is 2. The summed E-state index contributed by atoms with van der Waals surface area (Å²) in [7, 11) is 0. The molecule has 0 radical (unpaired) electrons. The summed E-state index contributed by atoms with van der Waals surface area (Å²) in [6.45, 7) is 3.98. The minimum atomic E-state index is -0.160. The minimum Gasteiger partial charge on any atom is -0.346 e. The lowest BCUT2D eigenvalue weighted by Crippen LogP contribution is -2.32. The number of benzene rings is 2. The number of aromatic nitrogens is 2. The van der Waals surface area contributed by atoms with Crippen LogP contribution in [0.2, 0.25) is 0 Å². The second kappa shape index (κ2) is 6.65. The molecule has 0 aliphatic heterocycles. The number of para-hydroxylation sites is 2. The summed E-state index contributed by atoms with van der Waals surface area (Å²) in [5, 5.41) is 3.07. The third kappa shape index (κ3) is 3.26. The highest BCUT2D eigenvalue weighted by molar-refractivity contribution is 5.84. The van der Waals surface area contributed by atoms with Gasteiger partial charge in [0.25, 0.3) is 0 Å². The van der Waals surface area contributed by atoms with E-state index in [4.69, 9.17) is 0 Å². The van der Waals surface area contributed by atoms with E-state index in [1.807, 2.05) is 68.4 Å². The number of carbonyl (C=O) groups excluding carboxylic acids is 1. The molecule has 0 aliphatic rings. The monoisotopic (exact) mass is 307 g/mol. The van der Waals surface area contributed by atoms with E-state index in [9.17, 15) is 4.79 Å². The van der Waals surface area contributed by atoms with Crippen LogP contribution in [0, 0.1) is 0 Å². The van der Waals surface area contributed by atoms with Gasteiger partial charge in [0.1, 0.15) is 5.82 Å². The van der Waals surface area contributed by atoms with Crippen molar-refractivity contribution in [3.8, 4) is 0 Å². The standard InChI is InChI=1S/C19H21N3O/c1-3-15(14-9-5-4-6-10-14)19(23)20-13(2)18-21-16-11-7-8-12-17(16)22-18/h4-13,15H,3H2,1-2H3,(H,20,23)(H,21,22). The number of nitrogens with one attached hydrogen (secondary N) is 2. The summed E-state index contributed by atoms with van der Waals surface area (Å²) in [6.07, 6.45) is 0.767. The molecule has 2 aromatic carbocycles. The average Bonchev–Trinajstić information content (AvgIpc) is 3.01. The van der Waals surface area contributed by atoms with Gasteiger partial charge in [0.2, 0.25) is 5.91 Å². The Balaban J connectivity index is 1.75. The Bertz CT molecular complexity index is 761. The van der Waals surface area contributed by atoms with Gasteiger partial charge in [-0.1, -0.05) is 49.4 Å². The summed E-state index contributed by atoms with van der Waals surface area (Å²) in [5.74, 6) is 0.678. The first-order chi connectivity index (χ1) is 11.2. The van der Waals surface area contributed by atoms with Crippen LogP contribution in [0.25, 0.3) is 11.0 Å². The van der Waals surface area contributed by atoms with Gasteiger partial charge in [-0.25, -0.2) is 4.98 Å². The van der Waals surface area contributed by atoms with Gasteiger partial charge in [0, 0.05) is 0 Å². The fraction of sp³-hybridized carbons (Fsp3) is 0.263. The lowest BCUT2D eigenvalue weighted by Gasteiger charge is -2.18. The third-order valence-electron chi connectivity index (χ3n) is 4.10. The zero-order valence-electron chi connectivity index (χ0n) is 13.4. The maximum Gasteiger partial charge on any atom is 0.228 e. The van der Waals surface area contributed by atoms with Gasteiger partial charge in [-0.05, 0) is 31.0 Å². The predicted molar refractivity (Wildman–Crippen MR) is 92.1 cm³/mol. The predicted octanol–water partition coefficient (Wildman–Crippen LogP) is 3.93. The van der Waals surface area contributed by atoms with Crippen LogP contribution in [0.5, 0.6) is 0 Å². The van der Waals surface area contributed by atoms with Crippen LogP contribution < -0.4 is 5.32 Å². The Morgan fingerprint density at radius 1 is 1.13 bits per heavy atom. The molecule has 23 heavy (non-hydrogen) atoms. The van der Waals surface area contributed by atoms with Gasteiger partial charge in [-0.3, -0.25) is 4.79 Å². The number of aromatic amines is 1. The number of H-pyrrole nitrogens is 1. The van der Waals surface area contributed by atoms with Crippen molar-refractivity contribution in [3.63, 3.8) is 0 Å². The first-order valence-corrected chi connectivity index (χ1v) is 7.99. The van der Waals surface area contributed by atoms with Crippen molar-refractivity contribution in [2.45, 2.75) is 32.2 Å². The third-order valence-corrected chi connectivity index (χ3v) is 4.10. The second-order valence-electron chi connectivity index (χ2n) is 5.74. The van der Waals surface area contributed by atoms with E-state index in [0.29, 0.717) is 0 Å². The Kier molecular flexibility index (Phi) is 4.42. The van der Waals surface area contributed by atoms with E-state index >= 15 is 0 Å². The molecule has 3 aromatic rings. The molecule has 4 nitrogen and oxygen atoms in total. The fourth-order valence-corrected chi connectivity index (χ4v) is 2.82. The van der Waals surface area contributed by atoms with Gasteiger partial charge in [0.05, 0.1) is 23.0 Å². The first kappa shape index (κ1) is 15.3. The van der Waals surface area contributed by atoms with Crippen molar-refractivity contribution < 1.29 is 4.79 Å². The zero-order valence-corrected chi connectivity index (χ0v) is 13.4. The lowest BCUT2D eigenvalue weighted by atomic mass is 9.95. The largest absolute Gasteiger partial charge is 0.346 e. The molecule has 2 atom stereocenters. The molecule has 1 aromatic heterocycles. The first-order valence-electron chi connectivity index (χ1n) is 7.99. The molecule has 0 saturated heterocycles. The van der Waals surface area contributed by atoms with Crippen LogP contribution in [0.4, 0.5) is 0 Å². The highest BCUT2D eigenvalue weighted by Crippen LogP contribution is 2.21. The van der Waals surface area contributed by atoms with Gasteiger partial charge >= 0.3 is 0 Å². The van der Waals surface area contributed by atoms with Crippen LogP contribution in [0.1, 0.15) is 43.6 Å². The van der Waals surface area contributed by atoms with Crippen molar-refractivity contribution in [3.05, 3.63) is 66.0 Å². The summed E-state index contributed by atoms with van der Waals surface area (Å²) in [4.78, 5) is 20.4. The molecular weight excluding hydrogens is 286 g/mol. The summed E-state index contributed by atoms with van der Waals surface area (Å²) < 4.78 is 0. The molecule has 0 aliphatic carbocycles. The molecule has 4 heteroatoms. The van der Waals surface area contributed by atoms with E-state index < -0.39 is 0 Å². The average molecular weight is 307 g/mol.